The number of aryl methyl sites for hydroxylation is 2. The van der Waals surface area contributed by atoms with Crippen molar-refractivity contribution in [3.05, 3.63) is 172 Å². The number of nitrogens with zero attached hydrogens (tertiary/aromatic N) is 5. The number of ketones is 1. The molecule has 0 bridgehead atoms. The number of carbonyl (C=O) groups is 2. The van der Waals surface area contributed by atoms with Crippen molar-refractivity contribution >= 4 is 87.1 Å². The molecule has 0 saturated carbocycles. The van der Waals surface area contributed by atoms with E-state index < -0.39 is 78.2 Å². The van der Waals surface area contributed by atoms with Crippen LogP contribution in [0, 0.1) is 24.0 Å². The second-order valence-corrected chi connectivity index (χ2v) is 34.3. The molecule has 5 aromatic carbocycles. The van der Waals surface area contributed by atoms with Gasteiger partial charge in [-0.15, -0.1) is 0 Å². The summed E-state index contributed by atoms with van der Waals surface area (Å²) >= 11 is 0. The van der Waals surface area contributed by atoms with Gasteiger partial charge in [0.15, 0.2) is 67.6 Å². The van der Waals surface area contributed by atoms with Gasteiger partial charge in [-0.2, -0.15) is 0 Å². The Morgan fingerprint density at radius 3 is 1.13 bits per heavy atom. The van der Waals surface area contributed by atoms with Crippen LogP contribution in [-0.4, -0.2) is 125 Å². The van der Waals surface area contributed by atoms with Crippen LogP contribution in [0.1, 0.15) is 58.4 Å². The Balaban J connectivity index is 0.000000266. The zero-order chi connectivity index (χ0) is 67.0. The van der Waals surface area contributed by atoms with Crippen molar-refractivity contribution in [3.63, 3.8) is 0 Å². The maximum absolute atomic E-state index is 12.9. The number of benzene rings is 5. The Labute approximate surface area is 515 Å². The Bertz CT molecular complexity index is 4110. The van der Waals surface area contributed by atoms with E-state index in [1.54, 1.807) is 0 Å². The molecule has 3 unspecified atom stereocenters. The number of nitro groups is 1. The van der Waals surface area contributed by atoms with Crippen LogP contribution in [0.3, 0.4) is 0 Å². The minimum Gasteiger partial charge on any atom is -0.476 e. The average molecular weight is 1350 g/mol. The minimum absolute atomic E-state index is 0.0174. The van der Waals surface area contributed by atoms with E-state index in [0.29, 0.717) is 22.6 Å². The standard InChI is InChI=1S/C23H26N3O6PS.C12H11N3O2.C10H14NO7PS.C10H16NO5PS/c1-15-5-9-18(10-6-15)20-14-25-23(24)22(26-20)21(27)13-17-7-11-19(12-8-17)34(29,30)16(2)33(28,31-3)32-4;1-7-2-4-8(5-3-7)9-6-14-11(13)10(15-9)12(16)17;1-8(19(14,17-2)18-3)20(15,16)10-6-4-9(5-7-10)11(12)13;1-8(17(12,15-2)16-3)18(13,14)10-6-4-9(11)5-7-10/h5-12,14,16H,13H2,1-4H3,(H2,24,25);2-6H,1H3,(H2,13,14)(H,16,17);4-8H,1-3H3;4-8H,11H2,1-3H3. The molecule has 2 heterocycles. The zero-order valence-electron chi connectivity index (χ0n) is 49.9. The van der Waals surface area contributed by atoms with E-state index >= 15 is 0 Å². The summed E-state index contributed by atoms with van der Waals surface area (Å²) in [6, 6.07) is 30.9. The highest BCUT2D eigenvalue weighted by atomic mass is 32.2. The van der Waals surface area contributed by atoms with Gasteiger partial charge in [-0.1, -0.05) is 71.8 Å². The summed E-state index contributed by atoms with van der Waals surface area (Å²) < 4.78 is 140. The van der Waals surface area contributed by atoms with Crippen LogP contribution in [-0.2, 0) is 76.8 Å². The lowest BCUT2D eigenvalue weighted by Crippen LogP contribution is -2.20. The average Bonchev–Trinajstić information content (AvgIpc) is 1.88. The van der Waals surface area contributed by atoms with Crippen LogP contribution in [0.4, 0.5) is 23.0 Å². The molecular weight excluding hydrogens is 1280 g/mol. The van der Waals surface area contributed by atoms with Gasteiger partial charge in [-0.25, -0.2) is 50.0 Å². The molecule has 34 heteroatoms. The maximum atomic E-state index is 12.9. The summed E-state index contributed by atoms with van der Waals surface area (Å²) in [5.74, 6) is -1.59. The lowest BCUT2D eigenvalue weighted by atomic mass is 10.1. The number of nitrogens with two attached hydrogens (primary N) is 3. The number of aromatic carboxylic acids is 1. The van der Waals surface area contributed by atoms with Gasteiger partial charge in [-0.3, -0.25) is 28.6 Å². The van der Waals surface area contributed by atoms with Crippen LogP contribution in [0.5, 0.6) is 0 Å². The van der Waals surface area contributed by atoms with E-state index in [1.807, 2.05) is 62.4 Å². The maximum Gasteiger partial charge on any atom is 0.358 e. The van der Waals surface area contributed by atoms with Gasteiger partial charge in [0.2, 0.25) is 0 Å². The quantitative estimate of drug-likeness (QED) is 0.0161. The molecule has 0 saturated heterocycles. The fourth-order valence-electron chi connectivity index (χ4n) is 7.58. The summed E-state index contributed by atoms with van der Waals surface area (Å²) in [7, 11) is -16.4. The third-order valence-electron chi connectivity index (χ3n) is 13.2. The van der Waals surface area contributed by atoms with Crippen molar-refractivity contribution in [2.24, 2.45) is 0 Å². The van der Waals surface area contributed by atoms with Crippen molar-refractivity contribution in [3.8, 4) is 22.5 Å². The van der Waals surface area contributed by atoms with Gasteiger partial charge < -0.3 is 49.5 Å². The van der Waals surface area contributed by atoms with Gasteiger partial charge >= 0.3 is 28.8 Å². The van der Waals surface area contributed by atoms with E-state index in [2.05, 4.69) is 29.0 Å². The first-order chi connectivity index (χ1) is 41.5. The van der Waals surface area contributed by atoms with Crippen LogP contribution in [0.25, 0.3) is 22.5 Å². The molecular formula is C55H67N8O20P3S3. The van der Waals surface area contributed by atoms with E-state index in [0.717, 1.165) is 89.2 Å². The highest BCUT2D eigenvalue weighted by molar-refractivity contribution is 7.99. The topological polar surface area (TPSA) is 436 Å². The molecule has 3 atom stereocenters. The SMILES string of the molecule is COP(=O)(OC)C(C)S(=O)(=O)c1ccc(CC(=O)c2nc(-c3ccc(C)cc3)cnc2N)cc1.COP(=O)(OC)C(C)S(=O)(=O)c1ccc(N)cc1.COP(=O)(OC)C(C)S(=O)(=O)c1ccc([N+](=O)[O-])cc1.Cc1ccc(-c2cnc(N)c(C(=O)O)n2)cc1. The van der Waals surface area contributed by atoms with Gasteiger partial charge in [0.1, 0.15) is 5.69 Å². The van der Waals surface area contributed by atoms with E-state index in [-0.39, 0.29) is 55.6 Å². The largest absolute Gasteiger partial charge is 0.476 e. The second-order valence-electron chi connectivity index (χ2n) is 18.7. The fraction of sp³-hybridized carbons (Fsp3) is 0.273. The van der Waals surface area contributed by atoms with Crippen molar-refractivity contribution < 1.29 is 85.7 Å². The first kappa shape index (κ1) is 74.0. The summed E-state index contributed by atoms with van der Waals surface area (Å²) in [6.07, 6.45) is 2.92. The van der Waals surface area contributed by atoms with Crippen LogP contribution in [0.2, 0.25) is 0 Å². The number of hydrogen-bond acceptors (Lipinski definition) is 26. The molecule has 28 nitrogen and oxygen atoms in total. The molecule has 0 spiro atoms. The zero-order valence-corrected chi connectivity index (χ0v) is 55.0. The smallest absolute Gasteiger partial charge is 0.358 e. The molecule has 7 N–H and O–H groups in total. The number of carboxylic acid groups (broad SMARTS) is 1. The molecule has 480 valence electrons. The fourth-order valence-corrected chi connectivity index (χ4v) is 19.3. The third-order valence-corrected chi connectivity index (χ3v) is 29.2. The minimum atomic E-state index is -4.00. The molecule has 0 fully saturated rings. The van der Waals surface area contributed by atoms with Gasteiger partial charge in [-0.05, 0) is 88.7 Å². The molecule has 0 aliphatic rings. The number of carboxylic acids is 1. The Morgan fingerprint density at radius 2 is 0.820 bits per heavy atom. The summed E-state index contributed by atoms with van der Waals surface area (Å²) in [5, 5.41) is 19.4. The number of sulfone groups is 3. The first-order valence-electron chi connectivity index (χ1n) is 25.8. The summed E-state index contributed by atoms with van der Waals surface area (Å²) in [5.41, 5.74) is 22.3. The van der Waals surface area contributed by atoms with Crippen molar-refractivity contribution in [2.75, 3.05) is 59.9 Å². The van der Waals surface area contributed by atoms with Crippen molar-refractivity contribution in [1.29, 1.82) is 0 Å². The number of hydrogen-bond donors (Lipinski definition) is 4. The van der Waals surface area contributed by atoms with Gasteiger partial charge in [0.25, 0.3) is 5.69 Å². The normalized spacial score (nSPS) is 12.9. The summed E-state index contributed by atoms with van der Waals surface area (Å²) in [4.78, 5) is 45.6. The van der Waals surface area contributed by atoms with Crippen LogP contribution < -0.4 is 17.2 Å². The molecule has 7 aromatic rings. The van der Waals surface area contributed by atoms with E-state index in [1.165, 1.54) is 81.7 Å². The second kappa shape index (κ2) is 31.3. The molecule has 0 radical (unpaired) electrons. The van der Waals surface area contributed by atoms with Crippen LogP contribution in [0.15, 0.2) is 148 Å². The summed E-state index contributed by atoms with van der Waals surface area (Å²) in [6.45, 7) is 7.70. The van der Waals surface area contributed by atoms with E-state index in [4.69, 9.17) is 40.4 Å². The number of nitro benzene ring substituents is 1. The lowest BCUT2D eigenvalue weighted by Gasteiger charge is -2.21. The molecule has 2 aromatic heterocycles. The molecule has 89 heavy (non-hydrogen) atoms. The van der Waals surface area contributed by atoms with Crippen molar-refractivity contribution in [2.45, 2.75) is 70.7 Å². The number of non-ortho nitro benzene ring substituents is 1. The number of nitrogen functional groups attached to an aromatic ring is 3. The van der Waals surface area contributed by atoms with Crippen LogP contribution >= 0.6 is 22.8 Å². The number of Topliss-reactive ketones (excluding diaryl/α,β-unsaturated/α-hetero) is 1. The highest BCUT2D eigenvalue weighted by Crippen LogP contribution is 2.56. The molecule has 0 aliphatic heterocycles. The number of rotatable bonds is 22. The Kier molecular flexibility index (Phi) is 26.0. The first-order valence-corrected chi connectivity index (χ1v) is 35.2. The van der Waals surface area contributed by atoms with Gasteiger partial charge in [0.05, 0.1) is 43.4 Å². The number of carbonyl (C=O) groups excluding carboxylic acids is 1. The van der Waals surface area contributed by atoms with Crippen molar-refractivity contribution in [1.82, 2.24) is 19.9 Å². The monoisotopic (exact) mass is 1350 g/mol. The molecule has 0 amide bonds. The number of anilines is 3. The highest BCUT2D eigenvalue weighted by Gasteiger charge is 2.43. The van der Waals surface area contributed by atoms with E-state index in [9.17, 15) is 58.7 Å². The molecule has 7 rings (SSSR count). The van der Waals surface area contributed by atoms with Gasteiger partial charge in [0, 0.05) is 78.0 Å². The lowest BCUT2D eigenvalue weighted by molar-refractivity contribution is -0.384. The predicted molar refractivity (Wildman–Crippen MR) is 333 cm³/mol. The Morgan fingerprint density at radius 1 is 0.517 bits per heavy atom. The number of aromatic nitrogens is 4. The molecule has 0 aliphatic carbocycles. The third kappa shape index (κ3) is 18.3. The predicted octanol–water partition coefficient (Wildman–Crippen LogP) is 9.87. The Hall–Kier alpha value is -7.50.